The SMILES string of the molecule is CCn1cc(CN2C[C@@H]3C[C@H](NC(C)=O)CN3C(=O)[C@@H]2C)cn1. The molecule has 2 aliphatic rings. The van der Waals surface area contributed by atoms with Crippen LogP contribution in [-0.2, 0) is 22.7 Å². The molecule has 0 unspecified atom stereocenters. The number of aryl methyl sites for hydroxylation is 1. The number of hydrogen-bond acceptors (Lipinski definition) is 4. The lowest BCUT2D eigenvalue weighted by atomic mass is 10.1. The summed E-state index contributed by atoms with van der Waals surface area (Å²) in [6.45, 7) is 8.62. The Hall–Kier alpha value is -1.89. The average Bonchev–Trinajstić information content (AvgIpc) is 3.10. The second-order valence-electron chi connectivity index (χ2n) is 6.59. The van der Waals surface area contributed by atoms with Gasteiger partial charge in [0.2, 0.25) is 11.8 Å². The van der Waals surface area contributed by atoms with E-state index in [0.717, 1.165) is 31.6 Å². The lowest BCUT2D eigenvalue weighted by molar-refractivity contribution is -0.143. The Morgan fingerprint density at radius 2 is 2.22 bits per heavy atom. The molecule has 0 aliphatic carbocycles. The molecule has 23 heavy (non-hydrogen) atoms. The molecule has 0 spiro atoms. The Labute approximate surface area is 136 Å². The highest BCUT2D eigenvalue weighted by Crippen LogP contribution is 2.27. The van der Waals surface area contributed by atoms with Crippen LogP contribution in [0, 0.1) is 0 Å². The summed E-state index contributed by atoms with van der Waals surface area (Å²) in [4.78, 5) is 28.1. The van der Waals surface area contributed by atoms with E-state index in [9.17, 15) is 9.59 Å². The Morgan fingerprint density at radius 1 is 1.43 bits per heavy atom. The molecular weight excluding hydrogens is 294 g/mol. The van der Waals surface area contributed by atoms with E-state index in [4.69, 9.17) is 0 Å². The molecule has 7 nitrogen and oxygen atoms in total. The van der Waals surface area contributed by atoms with Gasteiger partial charge in [-0.25, -0.2) is 0 Å². The lowest BCUT2D eigenvalue weighted by Gasteiger charge is -2.41. The number of piperazine rings is 1. The van der Waals surface area contributed by atoms with E-state index in [0.29, 0.717) is 6.54 Å². The van der Waals surface area contributed by atoms with Gasteiger partial charge in [-0.15, -0.1) is 0 Å². The maximum absolute atomic E-state index is 12.7. The quantitative estimate of drug-likeness (QED) is 0.861. The molecule has 1 N–H and O–H groups in total. The normalized spacial score (nSPS) is 28.0. The maximum Gasteiger partial charge on any atom is 0.240 e. The largest absolute Gasteiger partial charge is 0.352 e. The van der Waals surface area contributed by atoms with E-state index >= 15 is 0 Å². The van der Waals surface area contributed by atoms with Crippen molar-refractivity contribution < 1.29 is 9.59 Å². The monoisotopic (exact) mass is 319 g/mol. The molecule has 126 valence electrons. The van der Waals surface area contributed by atoms with Crippen molar-refractivity contribution in [3.63, 3.8) is 0 Å². The molecule has 1 aromatic rings. The second-order valence-corrected chi connectivity index (χ2v) is 6.59. The summed E-state index contributed by atoms with van der Waals surface area (Å²) in [5.41, 5.74) is 1.14. The zero-order chi connectivity index (χ0) is 16.6. The summed E-state index contributed by atoms with van der Waals surface area (Å²) in [5, 5.41) is 7.25. The van der Waals surface area contributed by atoms with Crippen LogP contribution in [0.3, 0.4) is 0 Å². The van der Waals surface area contributed by atoms with Gasteiger partial charge in [0.25, 0.3) is 0 Å². The van der Waals surface area contributed by atoms with Gasteiger partial charge in [0.15, 0.2) is 0 Å². The van der Waals surface area contributed by atoms with Crippen LogP contribution in [0.25, 0.3) is 0 Å². The van der Waals surface area contributed by atoms with Crippen LogP contribution < -0.4 is 5.32 Å². The van der Waals surface area contributed by atoms with Crippen LogP contribution in [0.2, 0.25) is 0 Å². The third-order valence-corrected chi connectivity index (χ3v) is 4.85. The number of fused-ring (bicyclic) bond motifs is 1. The van der Waals surface area contributed by atoms with Crippen molar-refractivity contribution in [3.05, 3.63) is 18.0 Å². The first kappa shape index (κ1) is 16.0. The Bertz CT molecular complexity index is 599. The van der Waals surface area contributed by atoms with Gasteiger partial charge in [-0.1, -0.05) is 0 Å². The summed E-state index contributed by atoms with van der Waals surface area (Å²) in [5.74, 6) is 0.135. The number of hydrogen-bond donors (Lipinski definition) is 1. The minimum Gasteiger partial charge on any atom is -0.352 e. The van der Waals surface area contributed by atoms with Crippen LogP contribution >= 0.6 is 0 Å². The molecule has 0 radical (unpaired) electrons. The molecule has 0 saturated carbocycles. The molecule has 0 bridgehead atoms. The Morgan fingerprint density at radius 3 is 2.87 bits per heavy atom. The van der Waals surface area contributed by atoms with Crippen LogP contribution in [0.4, 0.5) is 0 Å². The highest BCUT2D eigenvalue weighted by molar-refractivity contribution is 5.83. The number of rotatable bonds is 4. The number of nitrogens with one attached hydrogen (secondary N) is 1. The third kappa shape index (κ3) is 3.24. The number of amides is 2. The molecule has 1 aromatic heterocycles. The van der Waals surface area contributed by atoms with E-state index in [2.05, 4.69) is 22.2 Å². The second kappa shape index (κ2) is 6.31. The highest BCUT2D eigenvalue weighted by atomic mass is 16.2. The molecule has 7 heteroatoms. The van der Waals surface area contributed by atoms with Crippen molar-refractivity contribution in [1.29, 1.82) is 0 Å². The number of carbonyl (C=O) groups is 2. The van der Waals surface area contributed by atoms with Crippen molar-refractivity contribution in [2.75, 3.05) is 13.1 Å². The van der Waals surface area contributed by atoms with E-state index in [1.165, 1.54) is 6.92 Å². The van der Waals surface area contributed by atoms with Gasteiger partial charge in [-0.3, -0.25) is 19.2 Å². The molecule has 3 rings (SSSR count). The van der Waals surface area contributed by atoms with Gasteiger partial charge in [-0.05, 0) is 20.3 Å². The number of aromatic nitrogens is 2. The van der Waals surface area contributed by atoms with Crippen LogP contribution in [0.5, 0.6) is 0 Å². The molecule has 2 amide bonds. The lowest BCUT2D eigenvalue weighted by Crippen LogP contribution is -2.58. The number of nitrogens with zero attached hydrogens (tertiary/aromatic N) is 4. The highest BCUT2D eigenvalue weighted by Gasteiger charge is 2.43. The summed E-state index contributed by atoms with van der Waals surface area (Å²) < 4.78 is 1.90. The predicted molar refractivity (Wildman–Crippen MR) is 85.5 cm³/mol. The topological polar surface area (TPSA) is 70.5 Å². The Kier molecular flexibility index (Phi) is 4.39. The summed E-state index contributed by atoms with van der Waals surface area (Å²) in [6.07, 6.45) is 4.75. The zero-order valence-electron chi connectivity index (χ0n) is 14.0. The molecule has 2 aliphatic heterocycles. The van der Waals surface area contributed by atoms with Gasteiger partial charge in [0, 0.05) is 56.9 Å². The number of carbonyl (C=O) groups excluding carboxylic acids is 2. The first-order chi connectivity index (χ1) is 11.0. The van der Waals surface area contributed by atoms with E-state index in [-0.39, 0.29) is 29.9 Å². The molecule has 3 heterocycles. The van der Waals surface area contributed by atoms with E-state index < -0.39 is 0 Å². The summed E-state index contributed by atoms with van der Waals surface area (Å²) in [7, 11) is 0. The third-order valence-electron chi connectivity index (χ3n) is 4.85. The first-order valence-corrected chi connectivity index (χ1v) is 8.31. The van der Waals surface area contributed by atoms with Gasteiger partial charge >= 0.3 is 0 Å². The van der Waals surface area contributed by atoms with Crippen LogP contribution in [-0.4, -0.2) is 62.6 Å². The molecule has 2 saturated heterocycles. The molecular formula is C16H25N5O2. The van der Waals surface area contributed by atoms with Crippen molar-refractivity contribution in [2.24, 2.45) is 0 Å². The Balaban J connectivity index is 1.67. The fourth-order valence-electron chi connectivity index (χ4n) is 3.67. The van der Waals surface area contributed by atoms with Gasteiger partial charge in [0.05, 0.1) is 12.2 Å². The van der Waals surface area contributed by atoms with Crippen molar-refractivity contribution in [2.45, 2.75) is 58.4 Å². The predicted octanol–water partition coefficient (Wildman–Crippen LogP) is 0.213. The maximum atomic E-state index is 12.7. The average molecular weight is 319 g/mol. The summed E-state index contributed by atoms with van der Waals surface area (Å²) in [6, 6.07) is 0.139. The minimum atomic E-state index is -0.132. The van der Waals surface area contributed by atoms with E-state index in [1.54, 1.807) is 0 Å². The van der Waals surface area contributed by atoms with Crippen molar-refractivity contribution in [3.8, 4) is 0 Å². The fourth-order valence-corrected chi connectivity index (χ4v) is 3.67. The van der Waals surface area contributed by atoms with Crippen LogP contribution in [0.1, 0.15) is 32.8 Å². The van der Waals surface area contributed by atoms with Gasteiger partial charge < -0.3 is 10.2 Å². The van der Waals surface area contributed by atoms with E-state index in [1.807, 2.05) is 28.9 Å². The first-order valence-electron chi connectivity index (χ1n) is 8.31. The van der Waals surface area contributed by atoms with Crippen molar-refractivity contribution >= 4 is 11.8 Å². The zero-order valence-corrected chi connectivity index (χ0v) is 14.0. The van der Waals surface area contributed by atoms with Gasteiger partial charge in [-0.2, -0.15) is 5.10 Å². The fraction of sp³-hybridized carbons (Fsp3) is 0.688. The smallest absolute Gasteiger partial charge is 0.240 e. The molecule has 2 fully saturated rings. The van der Waals surface area contributed by atoms with Gasteiger partial charge in [0.1, 0.15) is 0 Å². The standard InChI is InChI=1S/C16H25N5O2/c1-4-20-8-13(6-17-20)7-19-10-15-5-14(18-12(3)22)9-21(15)16(23)11(19)2/h6,8,11,14-15H,4-5,7,9-10H2,1-3H3,(H,18,22)/t11-,14-,15-/m0/s1. The van der Waals surface area contributed by atoms with Crippen LogP contribution in [0.15, 0.2) is 12.4 Å². The minimum absolute atomic E-state index is 0.0285. The van der Waals surface area contributed by atoms with Crippen molar-refractivity contribution in [1.82, 2.24) is 24.9 Å². The molecule has 0 aromatic carbocycles. The summed E-state index contributed by atoms with van der Waals surface area (Å²) >= 11 is 0. The molecule has 3 atom stereocenters.